The predicted octanol–water partition coefficient (Wildman–Crippen LogP) is 3.68. The standard InChI is InChI=1S/C13H16F2N2/c1-13(2,3)4-5-17-12-10(14)6-9(8-16)7-11(12)15/h6-7,17H,4-5H2,1-3H3. The van der Waals surface area contributed by atoms with Gasteiger partial charge >= 0.3 is 0 Å². The monoisotopic (exact) mass is 238 g/mol. The van der Waals surface area contributed by atoms with Crippen LogP contribution in [0.3, 0.4) is 0 Å². The van der Waals surface area contributed by atoms with Crippen LogP contribution in [-0.2, 0) is 0 Å². The highest BCUT2D eigenvalue weighted by Crippen LogP contribution is 2.22. The molecule has 0 fully saturated rings. The Morgan fingerprint density at radius 3 is 2.18 bits per heavy atom. The molecule has 2 nitrogen and oxygen atoms in total. The van der Waals surface area contributed by atoms with E-state index in [1.54, 1.807) is 6.07 Å². The number of hydrogen-bond donors (Lipinski definition) is 1. The summed E-state index contributed by atoms with van der Waals surface area (Å²) in [6, 6.07) is 3.77. The van der Waals surface area contributed by atoms with E-state index >= 15 is 0 Å². The lowest BCUT2D eigenvalue weighted by molar-refractivity contribution is 0.389. The number of nitriles is 1. The second-order valence-corrected chi connectivity index (χ2v) is 5.16. The van der Waals surface area contributed by atoms with Crippen molar-refractivity contribution in [2.45, 2.75) is 27.2 Å². The molecule has 1 rings (SSSR count). The fourth-order valence-electron chi connectivity index (χ4n) is 1.37. The van der Waals surface area contributed by atoms with Crippen molar-refractivity contribution in [2.24, 2.45) is 5.41 Å². The Morgan fingerprint density at radius 2 is 1.76 bits per heavy atom. The number of halogens is 2. The number of hydrogen-bond acceptors (Lipinski definition) is 2. The van der Waals surface area contributed by atoms with Gasteiger partial charge in [0.25, 0.3) is 0 Å². The largest absolute Gasteiger partial charge is 0.380 e. The summed E-state index contributed by atoms with van der Waals surface area (Å²) >= 11 is 0. The molecule has 0 heterocycles. The summed E-state index contributed by atoms with van der Waals surface area (Å²) in [5, 5.41) is 11.3. The van der Waals surface area contributed by atoms with E-state index in [1.165, 1.54) is 0 Å². The molecule has 17 heavy (non-hydrogen) atoms. The molecule has 0 bridgehead atoms. The normalized spacial score (nSPS) is 11.1. The van der Waals surface area contributed by atoms with Crippen LogP contribution in [0, 0.1) is 28.4 Å². The third-order valence-corrected chi connectivity index (χ3v) is 2.35. The van der Waals surface area contributed by atoms with E-state index in [4.69, 9.17) is 5.26 Å². The number of nitrogens with zero attached hydrogens (tertiary/aromatic N) is 1. The summed E-state index contributed by atoms with van der Waals surface area (Å²) in [4.78, 5) is 0. The van der Waals surface area contributed by atoms with Crippen LogP contribution in [0.25, 0.3) is 0 Å². The summed E-state index contributed by atoms with van der Waals surface area (Å²) in [6.07, 6.45) is 0.798. The van der Waals surface area contributed by atoms with Crippen LogP contribution in [0.15, 0.2) is 12.1 Å². The Balaban J connectivity index is 2.76. The molecule has 4 heteroatoms. The van der Waals surface area contributed by atoms with Gasteiger partial charge in [-0.25, -0.2) is 8.78 Å². The third-order valence-electron chi connectivity index (χ3n) is 2.35. The molecule has 0 aliphatic rings. The molecular weight excluding hydrogens is 222 g/mol. The van der Waals surface area contributed by atoms with E-state index in [0.717, 1.165) is 18.6 Å². The van der Waals surface area contributed by atoms with Crippen LogP contribution in [0.4, 0.5) is 14.5 Å². The fraction of sp³-hybridized carbons (Fsp3) is 0.462. The van der Waals surface area contributed by atoms with Gasteiger partial charge in [-0.05, 0) is 24.0 Å². The second kappa shape index (κ2) is 5.13. The Labute approximate surface area is 100 Å². The molecule has 0 aliphatic carbocycles. The first kappa shape index (κ1) is 13.4. The minimum atomic E-state index is -0.726. The van der Waals surface area contributed by atoms with Gasteiger partial charge in [0.2, 0.25) is 0 Å². The SMILES string of the molecule is CC(C)(C)CCNc1c(F)cc(C#N)cc1F. The lowest BCUT2D eigenvalue weighted by Crippen LogP contribution is -2.14. The van der Waals surface area contributed by atoms with E-state index in [2.05, 4.69) is 26.1 Å². The molecule has 1 aromatic carbocycles. The smallest absolute Gasteiger partial charge is 0.150 e. The van der Waals surface area contributed by atoms with E-state index in [9.17, 15) is 8.78 Å². The van der Waals surface area contributed by atoms with Crippen LogP contribution in [0.5, 0.6) is 0 Å². The van der Waals surface area contributed by atoms with Crippen molar-refractivity contribution in [1.82, 2.24) is 0 Å². The molecule has 0 aromatic heterocycles. The molecule has 0 saturated carbocycles. The topological polar surface area (TPSA) is 35.8 Å². The van der Waals surface area contributed by atoms with Crippen LogP contribution >= 0.6 is 0 Å². The first-order valence-corrected chi connectivity index (χ1v) is 5.46. The quantitative estimate of drug-likeness (QED) is 0.871. The number of nitrogens with one attached hydrogen (secondary N) is 1. The van der Waals surface area contributed by atoms with Crippen LogP contribution in [-0.4, -0.2) is 6.54 Å². The highest BCUT2D eigenvalue weighted by molar-refractivity contribution is 5.50. The lowest BCUT2D eigenvalue weighted by atomic mass is 9.92. The Hall–Kier alpha value is -1.63. The van der Waals surface area contributed by atoms with Crippen molar-refractivity contribution in [3.05, 3.63) is 29.3 Å². The molecule has 0 spiro atoms. The van der Waals surface area contributed by atoms with Gasteiger partial charge in [-0.2, -0.15) is 5.26 Å². The molecule has 0 amide bonds. The summed E-state index contributed by atoms with van der Waals surface area (Å²) in [7, 11) is 0. The Kier molecular flexibility index (Phi) is 4.06. The van der Waals surface area contributed by atoms with E-state index in [-0.39, 0.29) is 16.7 Å². The van der Waals surface area contributed by atoms with Crippen molar-refractivity contribution < 1.29 is 8.78 Å². The van der Waals surface area contributed by atoms with Gasteiger partial charge in [0, 0.05) is 6.54 Å². The average Bonchev–Trinajstić information content (AvgIpc) is 2.20. The lowest BCUT2D eigenvalue weighted by Gasteiger charge is -2.19. The van der Waals surface area contributed by atoms with Gasteiger partial charge in [0.15, 0.2) is 11.6 Å². The van der Waals surface area contributed by atoms with Crippen molar-refractivity contribution in [1.29, 1.82) is 5.26 Å². The van der Waals surface area contributed by atoms with Gasteiger partial charge in [-0.3, -0.25) is 0 Å². The summed E-state index contributed by atoms with van der Waals surface area (Å²) < 4.78 is 26.9. The zero-order valence-corrected chi connectivity index (χ0v) is 10.3. The minimum absolute atomic E-state index is 0.0126. The first-order valence-electron chi connectivity index (χ1n) is 5.46. The molecule has 0 aliphatic heterocycles. The van der Waals surface area contributed by atoms with E-state index < -0.39 is 11.6 Å². The second-order valence-electron chi connectivity index (χ2n) is 5.16. The summed E-state index contributed by atoms with van der Waals surface area (Å²) in [5.41, 5.74) is -0.0679. The number of anilines is 1. The zero-order chi connectivity index (χ0) is 13.1. The molecule has 0 radical (unpaired) electrons. The van der Waals surface area contributed by atoms with Gasteiger partial charge in [0.05, 0.1) is 11.6 Å². The molecule has 92 valence electrons. The van der Waals surface area contributed by atoms with E-state index in [0.29, 0.717) is 6.54 Å². The van der Waals surface area contributed by atoms with Crippen molar-refractivity contribution in [3.8, 4) is 6.07 Å². The maximum Gasteiger partial charge on any atom is 0.150 e. The molecule has 1 N–H and O–H groups in total. The first-order chi connectivity index (χ1) is 7.83. The van der Waals surface area contributed by atoms with E-state index in [1.807, 2.05) is 0 Å². The number of rotatable bonds is 3. The van der Waals surface area contributed by atoms with Gasteiger partial charge in [0.1, 0.15) is 5.69 Å². The highest BCUT2D eigenvalue weighted by Gasteiger charge is 2.13. The third kappa shape index (κ3) is 4.03. The zero-order valence-electron chi connectivity index (χ0n) is 10.3. The van der Waals surface area contributed by atoms with Crippen molar-refractivity contribution in [3.63, 3.8) is 0 Å². The Bertz CT molecular complexity index is 419. The van der Waals surface area contributed by atoms with Gasteiger partial charge in [-0.1, -0.05) is 20.8 Å². The number of benzene rings is 1. The Morgan fingerprint density at radius 1 is 1.24 bits per heavy atom. The van der Waals surface area contributed by atoms with Crippen molar-refractivity contribution >= 4 is 5.69 Å². The molecule has 0 saturated heterocycles. The summed E-state index contributed by atoms with van der Waals surface area (Å²) in [6.45, 7) is 6.66. The maximum atomic E-state index is 13.5. The summed E-state index contributed by atoms with van der Waals surface area (Å²) in [5.74, 6) is -1.45. The van der Waals surface area contributed by atoms with Gasteiger partial charge < -0.3 is 5.32 Å². The minimum Gasteiger partial charge on any atom is -0.380 e. The maximum absolute atomic E-state index is 13.5. The van der Waals surface area contributed by atoms with Crippen LogP contribution < -0.4 is 5.32 Å². The molecular formula is C13H16F2N2. The molecule has 0 atom stereocenters. The predicted molar refractivity (Wildman–Crippen MR) is 63.6 cm³/mol. The van der Waals surface area contributed by atoms with Gasteiger partial charge in [-0.15, -0.1) is 0 Å². The fourth-order valence-corrected chi connectivity index (χ4v) is 1.37. The highest BCUT2D eigenvalue weighted by atomic mass is 19.1. The molecule has 0 unspecified atom stereocenters. The molecule has 1 aromatic rings. The average molecular weight is 238 g/mol. The van der Waals surface area contributed by atoms with Crippen molar-refractivity contribution in [2.75, 3.05) is 11.9 Å². The van der Waals surface area contributed by atoms with Crippen LogP contribution in [0.2, 0.25) is 0 Å². The van der Waals surface area contributed by atoms with Crippen LogP contribution in [0.1, 0.15) is 32.8 Å².